The number of rotatable bonds is 3. The van der Waals surface area contributed by atoms with Crippen molar-refractivity contribution in [3.63, 3.8) is 0 Å². The Morgan fingerprint density at radius 2 is 2.06 bits per heavy atom. The third-order valence-corrected chi connectivity index (χ3v) is 5.38. The Labute approximate surface area is 126 Å². The van der Waals surface area contributed by atoms with E-state index in [1.54, 1.807) is 12.1 Å². The van der Waals surface area contributed by atoms with Crippen molar-refractivity contribution >= 4 is 50.5 Å². The van der Waals surface area contributed by atoms with E-state index in [1.807, 2.05) is 0 Å². The summed E-state index contributed by atoms with van der Waals surface area (Å²) in [6.07, 6.45) is -0.706. The van der Waals surface area contributed by atoms with E-state index in [4.69, 9.17) is 23.2 Å². The van der Waals surface area contributed by atoms with Gasteiger partial charge in [0, 0.05) is 21.9 Å². The molecule has 2 aromatic rings. The SMILES string of the molecule is OC(Cc1c(F)cccc1Cl)c1cc(Cl)c(Br)s1. The van der Waals surface area contributed by atoms with Crippen molar-refractivity contribution in [3.05, 3.63) is 54.4 Å². The average molecular weight is 370 g/mol. The Morgan fingerprint density at radius 3 is 2.61 bits per heavy atom. The van der Waals surface area contributed by atoms with Gasteiger partial charge in [0.15, 0.2) is 0 Å². The molecule has 18 heavy (non-hydrogen) atoms. The van der Waals surface area contributed by atoms with Crippen LogP contribution in [0.15, 0.2) is 28.1 Å². The third kappa shape index (κ3) is 3.06. The minimum atomic E-state index is -0.826. The zero-order chi connectivity index (χ0) is 13.3. The van der Waals surface area contributed by atoms with Gasteiger partial charge >= 0.3 is 0 Å². The lowest BCUT2D eigenvalue weighted by Gasteiger charge is -2.10. The first-order valence-corrected chi connectivity index (χ1v) is 7.41. The van der Waals surface area contributed by atoms with Gasteiger partial charge in [0.2, 0.25) is 0 Å². The quantitative estimate of drug-likeness (QED) is 0.784. The number of aliphatic hydroxyl groups is 1. The molecule has 1 atom stereocenters. The minimum Gasteiger partial charge on any atom is -0.387 e. The van der Waals surface area contributed by atoms with Crippen LogP contribution in [0.25, 0.3) is 0 Å². The first kappa shape index (κ1) is 14.3. The van der Waals surface area contributed by atoms with Crippen LogP contribution >= 0.6 is 50.5 Å². The van der Waals surface area contributed by atoms with Crippen LogP contribution in [0.3, 0.4) is 0 Å². The first-order valence-electron chi connectivity index (χ1n) is 5.04. The molecule has 1 heterocycles. The lowest BCUT2D eigenvalue weighted by Crippen LogP contribution is -2.02. The maximum Gasteiger partial charge on any atom is 0.127 e. The monoisotopic (exact) mass is 368 g/mol. The molecular weight excluding hydrogens is 362 g/mol. The molecule has 0 saturated carbocycles. The van der Waals surface area contributed by atoms with E-state index >= 15 is 0 Å². The maximum absolute atomic E-state index is 13.6. The molecule has 1 aromatic carbocycles. The summed E-state index contributed by atoms with van der Waals surface area (Å²) in [6.45, 7) is 0. The number of aliphatic hydroxyl groups excluding tert-OH is 1. The molecular formula is C12H8BrCl2FOS. The normalized spacial score (nSPS) is 12.7. The Hall–Kier alpha value is -0.130. The van der Waals surface area contributed by atoms with E-state index in [1.165, 1.54) is 23.5 Å². The van der Waals surface area contributed by atoms with Gasteiger partial charge in [-0.15, -0.1) is 11.3 Å². The standard InChI is InChI=1S/C12H8BrCl2FOS/c13-12-8(15)5-11(18-12)10(17)4-6-7(14)2-1-3-9(6)16/h1-3,5,10,17H,4H2. The molecule has 0 spiro atoms. The van der Waals surface area contributed by atoms with Gasteiger partial charge in [0.05, 0.1) is 14.9 Å². The molecule has 0 fully saturated rings. The Morgan fingerprint density at radius 1 is 1.33 bits per heavy atom. The van der Waals surface area contributed by atoms with E-state index in [0.717, 1.165) is 3.79 Å². The maximum atomic E-state index is 13.6. The fourth-order valence-corrected chi connectivity index (χ4v) is 3.52. The van der Waals surface area contributed by atoms with Gasteiger partial charge in [-0.25, -0.2) is 4.39 Å². The van der Waals surface area contributed by atoms with Gasteiger partial charge in [-0.2, -0.15) is 0 Å². The number of hydrogen-bond acceptors (Lipinski definition) is 2. The van der Waals surface area contributed by atoms with Gasteiger partial charge in [-0.1, -0.05) is 29.3 Å². The highest BCUT2D eigenvalue weighted by molar-refractivity contribution is 9.11. The first-order chi connectivity index (χ1) is 8.49. The second-order valence-electron chi connectivity index (χ2n) is 3.69. The van der Waals surface area contributed by atoms with Crippen LogP contribution in [0.4, 0.5) is 4.39 Å². The summed E-state index contributed by atoms with van der Waals surface area (Å²) >= 11 is 16.4. The van der Waals surface area contributed by atoms with E-state index in [9.17, 15) is 9.50 Å². The van der Waals surface area contributed by atoms with Crippen LogP contribution in [0, 0.1) is 5.82 Å². The van der Waals surface area contributed by atoms with Crippen molar-refractivity contribution < 1.29 is 9.50 Å². The molecule has 1 aromatic heterocycles. The summed E-state index contributed by atoms with van der Waals surface area (Å²) in [6, 6.07) is 6.12. The van der Waals surface area contributed by atoms with Crippen molar-refractivity contribution in [2.24, 2.45) is 0 Å². The molecule has 0 bridgehead atoms. The molecule has 1 unspecified atom stereocenters. The molecule has 2 rings (SSSR count). The zero-order valence-corrected chi connectivity index (χ0v) is 12.9. The molecule has 96 valence electrons. The highest BCUT2D eigenvalue weighted by Gasteiger charge is 2.17. The summed E-state index contributed by atoms with van der Waals surface area (Å²) in [4.78, 5) is 0.672. The molecule has 0 aliphatic carbocycles. The Balaban J connectivity index is 2.23. The fourth-order valence-electron chi connectivity index (χ4n) is 1.55. The molecule has 0 amide bonds. The largest absolute Gasteiger partial charge is 0.387 e. The topological polar surface area (TPSA) is 20.2 Å². The highest BCUT2D eigenvalue weighted by atomic mass is 79.9. The van der Waals surface area contributed by atoms with Gasteiger partial charge in [0.1, 0.15) is 5.82 Å². The summed E-state index contributed by atoms with van der Waals surface area (Å²) in [5.41, 5.74) is 0.312. The highest BCUT2D eigenvalue weighted by Crippen LogP contribution is 2.37. The number of benzene rings is 1. The van der Waals surface area contributed by atoms with Crippen LogP contribution in [0.1, 0.15) is 16.5 Å². The lowest BCUT2D eigenvalue weighted by atomic mass is 10.1. The predicted octanol–water partition coefficient (Wildman–Crippen LogP) is 5.23. The lowest BCUT2D eigenvalue weighted by molar-refractivity contribution is 0.181. The summed E-state index contributed by atoms with van der Waals surface area (Å²) < 4.78 is 14.3. The van der Waals surface area contributed by atoms with Crippen molar-refractivity contribution in [2.75, 3.05) is 0 Å². The second-order valence-corrected chi connectivity index (χ2v) is 6.91. The smallest absolute Gasteiger partial charge is 0.127 e. The fraction of sp³-hybridized carbons (Fsp3) is 0.167. The number of halogens is 4. The summed E-state index contributed by atoms with van der Waals surface area (Å²) in [7, 11) is 0. The van der Waals surface area contributed by atoms with Gasteiger partial charge < -0.3 is 5.11 Å². The molecule has 6 heteroatoms. The van der Waals surface area contributed by atoms with E-state index in [2.05, 4.69) is 15.9 Å². The van der Waals surface area contributed by atoms with Crippen LogP contribution < -0.4 is 0 Å². The van der Waals surface area contributed by atoms with Crippen molar-refractivity contribution in [3.8, 4) is 0 Å². The van der Waals surface area contributed by atoms with E-state index < -0.39 is 11.9 Å². The van der Waals surface area contributed by atoms with Crippen molar-refractivity contribution in [2.45, 2.75) is 12.5 Å². The molecule has 1 nitrogen and oxygen atoms in total. The summed E-state index contributed by atoms with van der Waals surface area (Å²) in [5.74, 6) is -0.414. The second kappa shape index (κ2) is 5.88. The van der Waals surface area contributed by atoms with Crippen molar-refractivity contribution in [1.29, 1.82) is 0 Å². The van der Waals surface area contributed by atoms with E-state index in [-0.39, 0.29) is 6.42 Å². The molecule has 0 saturated heterocycles. The van der Waals surface area contributed by atoms with Crippen LogP contribution in [0.5, 0.6) is 0 Å². The van der Waals surface area contributed by atoms with Gasteiger partial charge in [-0.05, 0) is 34.1 Å². The van der Waals surface area contributed by atoms with E-state index in [0.29, 0.717) is 20.5 Å². The summed E-state index contributed by atoms with van der Waals surface area (Å²) in [5, 5.41) is 10.9. The average Bonchev–Trinajstić information content (AvgIpc) is 2.64. The van der Waals surface area contributed by atoms with Crippen LogP contribution in [-0.2, 0) is 6.42 Å². The minimum absolute atomic E-state index is 0.120. The van der Waals surface area contributed by atoms with Crippen LogP contribution in [-0.4, -0.2) is 5.11 Å². The third-order valence-electron chi connectivity index (χ3n) is 2.45. The predicted molar refractivity (Wildman–Crippen MR) is 77.1 cm³/mol. The molecule has 1 N–H and O–H groups in total. The Kier molecular flexibility index (Phi) is 4.67. The van der Waals surface area contributed by atoms with Gasteiger partial charge in [-0.3, -0.25) is 0 Å². The molecule has 0 aliphatic heterocycles. The van der Waals surface area contributed by atoms with Crippen LogP contribution in [0.2, 0.25) is 10.0 Å². The molecule has 0 aliphatic rings. The Bertz CT molecular complexity index is 533. The van der Waals surface area contributed by atoms with Crippen molar-refractivity contribution in [1.82, 2.24) is 0 Å². The molecule has 0 radical (unpaired) electrons. The van der Waals surface area contributed by atoms with Gasteiger partial charge in [0.25, 0.3) is 0 Å². The number of thiophene rings is 1. The number of hydrogen-bond donors (Lipinski definition) is 1. The zero-order valence-electron chi connectivity index (χ0n) is 8.96.